The zero-order valence-electron chi connectivity index (χ0n) is 12.3. The first kappa shape index (κ1) is 15.7. The van der Waals surface area contributed by atoms with E-state index in [-0.39, 0.29) is 18.8 Å². The Kier molecular flexibility index (Phi) is 5.48. The average molecular weight is 288 g/mol. The SMILES string of the molecule is CC[C@](O)(COCc1ccccc1)Cc1ccccc1F. The maximum atomic E-state index is 13.7. The van der Waals surface area contributed by atoms with Gasteiger partial charge in [0.2, 0.25) is 0 Å². The van der Waals surface area contributed by atoms with E-state index >= 15 is 0 Å². The van der Waals surface area contributed by atoms with Crippen molar-refractivity contribution in [2.75, 3.05) is 6.61 Å². The molecule has 0 amide bonds. The molecule has 2 aromatic carbocycles. The van der Waals surface area contributed by atoms with Crippen LogP contribution in [-0.4, -0.2) is 17.3 Å². The van der Waals surface area contributed by atoms with Gasteiger partial charge in [0.1, 0.15) is 5.82 Å². The fourth-order valence-electron chi connectivity index (χ4n) is 2.21. The van der Waals surface area contributed by atoms with Gasteiger partial charge in [-0.3, -0.25) is 0 Å². The molecule has 0 aliphatic heterocycles. The number of hydrogen-bond acceptors (Lipinski definition) is 2. The van der Waals surface area contributed by atoms with Crippen LogP contribution in [0.1, 0.15) is 24.5 Å². The molecule has 3 heteroatoms. The number of benzene rings is 2. The second-order valence-corrected chi connectivity index (χ2v) is 5.32. The third-order valence-electron chi connectivity index (χ3n) is 3.62. The van der Waals surface area contributed by atoms with Crippen molar-refractivity contribution in [3.8, 4) is 0 Å². The number of rotatable bonds is 7. The highest BCUT2D eigenvalue weighted by Gasteiger charge is 2.26. The normalized spacial score (nSPS) is 13.9. The van der Waals surface area contributed by atoms with Crippen molar-refractivity contribution in [1.29, 1.82) is 0 Å². The fourth-order valence-corrected chi connectivity index (χ4v) is 2.21. The third kappa shape index (κ3) is 4.66. The molecule has 2 rings (SSSR count). The second-order valence-electron chi connectivity index (χ2n) is 5.32. The quantitative estimate of drug-likeness (QED) is 0.841. The molecule has 21 heavy (non-hydrogen) atoms. The maximum absolute atomic E-state index is 13.7. The molecule has 0 radical (unpaired) electrons. The molecule has 0 aromatic heterocycles. The summed E-state index contributed by atoms with van der Waals surface area (Å²) in [5, 5.41) is 10.6. The van der Waals surface area contributed by atoms with Crippen molar-refractivity contribution in [3.05, 3.63) is 71.5 Å². The molecule has 0 bridgehead atoms. The summed E-state index contributed by atoms with van der Waals surface area (Å²) in [6.07, 6.45) is 0.765. The minimum atomic E-state index is -1.04. The van der Waals surface area contributed by atoms with E-state index in [4.69, 9.17) is 4.74 Å². The fraction of sp³-hybridized carbons (Fsp3) is 0.333. The van der Waals surface area contributed by atoms with Crippen LogP contribution >= 0.6 is 0 Å². The molecule has 1 N–H and O–H groups in total. The van der Waals surface area contributed by atoms with Crippen LogP contribution in [0.2, 0.25) is 0 Å². The molecule has 0 spiro atoms. The Morgan fingerprint density at radius 3 is 2.38 bits per heavy atom. The van der Waals surface area contributed by atoms with Gasteiger partial charge in [0, 0.05) is 6.42 Å². The lowest BCUT2D eigenvalue weighted by Crippen LogP contribution is -2.36. The summed E-state index contributed by atoms with van der Waals surface area (Å²) < 4.78 is 19.3. The first-order valence-electron chi connectivity index (χ1n) is 7.20. The number of halogens is 1. The molecule has 0 saturated carbocycles. The van der Waals surface area contributed by atoms with E-state index in [1.54, 1.807) is 18.2 Å². The van der Waals surface area contributed by atoms with Gasteiger partial charge >= 0.3 is 0 Å². The Labute approximate surface area is 125 Å². The van der Waals surface area contributed by atoms with Gasteiger partial charge in [0.25, 0.3) is 0 Å². The first-order chi connectivity index (χ1) is 10.1. The highest BCUT2D eigenvalue weighted by Crippen LogP contribution is 2.20. The predicted molar refractivity (Wildman–Crippen MR) is 81.4 cm³/mol. The molecule has 2 nitrogen and oxygen atoms in total. The van der Waals surface area contributed by atoms with Crippen LogP contribution < -0.4 is 0 Å². The van der Waals surface area contributed by atoms with Crippen molar-refractivity contribution in [2.24, 2.45) is 0 Å². The van der Waals surface area contributed by atoms with Crippen molar-refractivity contribution < 1.29 is 14.2 Å². The largest absolute Gasteiger partial charge is 0.387 e. The Bertz CT molecular complexity index is 556. The molecule has 112 valence electrons. The second kappa shape index (κ2) is 7.34. The van der Waals surface area contributed by atoms with Crippen LogP contribution in [0.4, 0.5) is 4.39 Å². The highest BCUT2D eigenvalue weighted by molar-refractivity contribution is 5.19. The van der Waals surface area contributed by atoms with Gasteiger partial charge in [-0.25, -0.2) is 4.39 Å². The van der Waals surface area contributed by atoms with Crippen LogP contribution in [0.15, 0.2) is 54.6 Å². The molecule has 0 aliphatic carbocycles. The van der Waals surface area contributed by atoms with Crippen LogP contribution in [0, 0.1) is 5.82 Å². The summed E-state index contributed by atoms with van der Waals surface area (Å²) in [6, 6.07) is 16.3. The monoisotopic (exact) mass is 288 g/mol. The molecule has 0 aliphatic rings. The summed E-state index contributed by atoms with van der Waals surface area (Å²) in [4.78, 5) is 0. The molecule has 0 fully saturated rings. The van der Waals surface area contributed by atoms with E-state index in [0.717, 1.165) is 5.56 Å². The van der Waals surface area contributed by atoms with Crippen LogP contribution in [0.25, 0.3) is 0 Å². The van der Waals surface area contributed by atoms with Crippen LogP contribution in [-0.2, 0) is 17.8 Å². The Balaban J connectivity index is 1.93. The minimum absolute atomic E-state index is 0.187. The first-order valence-corrected chi connectivity index (χ1v) is 7.20. The lowest BCUT2D eigenvalue weighted by atomic mass is 9.92. The summed E-state index contributed by atoms with van der Waals surface area (Å²) in [7, 11) is 0. The molecule has 2 aromatic rings. The van der Waals surface area contributed by atoms with Crippen molar-refractivity contribution >= 4 is 0 Å². The topological polar surface area (TPSA) is 29.5 Å². The van der Waals surface area contributed by atoms with Gasteiger partial charge in [-0.05, 0) is 23.6 Å². The Hall–Kier alpha value is -1.71. The molecule has 0 saturated heterocycles. The van der Waals surface area contributed by atoms with E-state index in [9.17, 15) is 9.50 Å². The molecule has 0 unspecified atom stereocenters. The highest BCUT2D eigenvalue weighted by atomic mass is 19.1. The van der Waals surface area contributed by atoms with Gasteiger partial charge in [-0.1, -0.05) is 55.5 Å². The lowest BCUT2D eigenvalue weighted by molar-refractivity contribution is -0.0540. The van der Waals surface area contributed by atoms with E-state index in [1.165, 1.54) is 6.07 Å². The van der Waals surface area contributed by atoms with E-state index in [1.807, 2.05) is 37.3 Å². The Morgan fingerprint density at radius 2 is 1.71 bits per heavy atom. The van der Waals surface area contributed by atoms with Crippen molar-refractivity contribution in [3.63, 3.8) is 0 Å². The average Bonchev–Trinajstić information content (AvgIpc) is 2.51. The van der Waals surface area contributed by atoms with Crippen LogP contribution in [0.5, 0.6) is 0 Å². The molecule has 0 heterocycles. The minimum Gasteiger partial charge on any atom is -0.387 e. The van der Waals surface area contributed by atoms with Gasteiger partial charge < -0.3 is 9.84 Å². The van der Waals surface area contributed by atoms with Crippen molar-refractivity contribution in [2.45, 2.75) is 32.0 Å². The summed E-state index contributed by atoms with van der Waals surface area (Å²) in [5.41, 5.74) is 0.531. The van der Waals surface area contributed by atoms with E-state index in [2.05, 4.69) is 0 Å². The van der Waals surface area contributed by atoms with Gasteiger partial charge in [0.15, 0.2) is 0 Å². The summed E-state index contributed by atoms with van der Waals surface area (Å²) >= 11 is 0. The van der Waals surface area contributed by atoms with E-state index < -0.39 is 5.60 Å². The number of aliphatic hydroxyl groups is 1. The third-order valence-corrected chi connectivity index (χ3v) is 3.62. The van der Waals surface area contributed by atoms with Crippen LogP contribution in [0.3, 0.4) is 0 Å². The lowest BCUT2D eigenvalue weighted by Gasteiger charge is -2.27. The number of hydrogen-bond donors (Lipinski definition) is 1. The van der Waals surface area contributed by atoms with Crippen molar-refractivity contribution in [1.82, 2.24) is 0 Å². The van der Waals surface area contributed by atoms with Gasteiger partial charge in [-0.15, -0.1) is 0 Å². The maximum Gasteiger partial charge on any atom is 0.126 e. The Morgan fingerprint density at radius 1 is 1.05 bits per heavy atom. The van der Waals surface area contributed by atoms with Gasteiger partial charge in [0.05, 0.1) is 18.8 Å². The number of ether oxygens (including phenoxy) is 1. The van der Waals surface area contributed by atoms with Gasteiger partial charge in [-0.2, -0.15) is 0 Å². The summed E-state index contributed by atoms with van der Waals surface area (Å²) in [6.45, 7) is 2.51. The smallest absolute Gasteiger partial charge is 0.126 e. The zero-order chi connectivity index (χ0) is 15.1. The van der Waals surface area contributed by atoms with E-state index in [0.29, 0.717) is 18.6 Å². The molecular formula is C18H21FO2. The molecule has 1 atom stereocenters. The standard InChI is InChI=1S/C18H21FO2/c1-2-18(20,12-16-10-6-7-11-17(16)19)14-21-13-15-8-4-3-5-9-15/h3-11,20H,2,12-14H2,1H3/t18-/m1/s1. The molecular weight excluding hydrogens is 267 g/mol. The zero-order valence-corrected chi connectivity index (χ0v) is 12.3. The summed E-state index contributed by atoms with van der Waals surface area (Å²) in [5.74, 6) is -0.285. The predicted octanol–water partition coefficient (Wildman–Crippen LogP) is 3.73.